The van der Waals surface area contributed by atoms with E-state index in [4.69, 9.17) is 0 Å². The number of Topliss-reactive ketones (excluding diaryl/α,β-unsaturated/α-hetero) is 2. The summed E-state index contributed by atoms with van der Waals surface area (Å²) < 4.78 is 0. The van der Waals surface area contributed by atoms with Gasteiger partial charge in [0.25, 0.3) is 0 Å². The molecule has 0 saturated carbocycles. The molecule has 0 amide bonds. The van der Waals surface area contributed by atoms with E-state index in [2.05, 4.69) is 0 Å². The van der Waals surface area contributed by atoms with Crippen molar-refractivity contribution in [1.82, 2.24) is 0 Å². The summed E-state index contributed by atoms with van der Waals surface area (Å²) in [6, 6.07) is 0. The van der Waals surface area contributed by atoms with Gasteiger partial charge in [-0.25, -0.2) is 0 Å². The number of hydrogen-bond acceptors (Lipinski definition) is 2. The molecule has 2 nitrogen and oxygen atoms in total. The van der Waals surface area contributed by atoms with Gasteiger partial charge in [-0.1, -0.05) is 55.4 Å². The fourth-order valence-electron chi connectivity index (χ4n) is 1.98. The van der Waals surface area contributed by atoms with E-state index in [0.717, 1.165) is 0 Å². The SMILES string of the molecule is CC(C)CC(=O)C(C(=O)C(C)(C)C)C(C)(C)C. The molecular weight excluding hydrogens is 212 g/mol. The second kappa shape index (κ2) is 5.32. The molecule has 0 spiro atoms. The number of carbonyl (C=O) groups is 2. The predicted octanol–water partition coefficient (Wildman–Crippen LogP) is 3.88. The van der Waals surface area contributed by atoms with E-state index in [-0.39, 0.29) is 17.0 Å². The van der Waals surface area contributed by atoms with Gasteiger partial charge in [-0.15, -0.1) is 0 Å². The Labute approximate surface area is 106 Å². The summed E-state index contributed by atoms with van der Waals surface area (Å²) in [5, 5.41) is 0. The minimum Gasteiger partial charge on any atom is -0.299 e. The van der Waals surface area contributed by atoms with Crippen molar-refractivity contribution in [3.63, 3.8) is 0 Å². The molecule has 0 radical (unpaired) electrons. The molecule has 0 rings (SSSR count). The summed E-state index contributed by atoms with van der Waals surface area (Å²) in [5.41, 5.74) is -0.749. The van der Waals surface area contributed by atoms with Crippen molar-refractivity contribution in [3.8, 4) is 0 Å². The van der Waals surface area contributed by atoms with Gasteiger partial charge in [0.05, 0.1) is 5.92 Å². The van der Waals surface area contributed by atoms with Crippen LogP contribution in [0.5, 0.6) is 0 Å². The van der Waals surface area contributed by atoms with Gasteiger partial charge in [-0.3, -0.25) is 9.59 Å². The monoisotopic (exact) mass is 240 g/mol. The maximum atomic E-state index is 12.4. The van der Waals surface area contributed by atoms with Crippen LogP contribution in [0.3, 0.4) is 0 Å². The molecule has 0 heterocycles. The lowest BCUT2D eigenvalue weighted by Crippen LogP contribution is -2.41. The molecule has 0 aromatic carbocycles. The zero-order valence-electron chi connectivity index (χ0n) is 12.7. The smallest absolute Gasteiger partial charge is 0.149 e. The van der Waals surface area contributed by atoms with Crippen LogP contribution in [-0.2, 0) is 9.59 Å². The third kappa shape index (κ3) is 5.01. The maximum Gasteiger partial charge on any atom is 0.149 e. The van der Waals surface area contributed by atoms with Gasteiger partial charge >= 0.3 is 0 Å². The molecule has 0 N–H and O–H groups in total. The molecule has 0 aromatic heterocycles. The van der Waals surface area contributed by atoms with Gasteiger partial charge in [-0.05, 0) is 11.3 Å². The number of carbonyl (C=O) groups excluding carboxylic acids is 2. The molecule has 0 aromatic rings. The Kier molecular flexibility index (Phi) is 5.12. The highest BCUT2D eigenvalue weighted by Gasteiger charge is 2.41. The molecule has 2 heteroatoms. The van der Waals surface area contributed by atoms with Crippen LogP contribution in [-0.4, -0.2) is 11.6 Å². The van der Waals surface area contributed by atoms with Gasteiger partial charge in [0, 0.05) is 11.8 Å². The van der Waals surface area contributed by atoms with E-state index < -0.39 is 11.3 Å². The van der Waals surface area contributed by atoms with E-state index in [1.54, 1.807) is 0 Å². The van der Waals surface area contributed by atoms with Crippen molar-refractivity contribution in [2.75, 3.05) is 0 Å². The summed E-state index contributed by atoms with van der Waals surface area (Å²) in [5.74, 6) is -0.0203. The highest BCUT2D eigenvalue weighted by atomic mass is 16.2. The molecule has 0 bridgehead atoms. The fraction of sp³-hybridized carbons (Fsp3) is 0.867. The van der Waals surface area contributed by atoms with Gasteiger partial charge in [0.1, 0.15) is 11.6 Å². The Hall–Kier alpha value is -0.660. The van der Waals surface area contributed by atoms with Gasteiger partial charge in [0.15, 0.2) is 0 Å². The van der Waals surface area contributed by atoms with Crippen molar-refractivity contribution in [1.29, 1.82) is 0 Å². The van der Waals surface area contributed by atoms with Crippen LogP contribution in [0, 0.1) is 22.7 Å². The Morgan fingerprint density at radius 1 is 0.941 bits per heavy atom. The Morgan fingerprint density at radius 3 is 1.59 bits per heavy atom. The van der Waals surface area contributed by atoms with Crippen LogP contribution >= 0.6 is 0 Å². The van der Waals surface area contributed by atoms with Crippen molar-refractivity contribution in [2.24, 2.45) is 22.7 Å². The van der Waals surface area contributed by atoms with Gasteiger partial charge < -0.3 is 0 Å². The first-order chi connectivity index (χ1) is 7.37. The summed E-state index contributed by atoms with van der Waals surface area (Å²) in [6.45, 7) is 15.6. The first-order valence-corrected chi connectivity index (χ1v) is 6.44. The van der Waals surface area contributed by atoms with Gasteiger partial charge in [-0.2, -0.15) is 0 Å². The van der Waals surface area contributed by atoms with Crippen LogP contribution < -0.4 is 0 Å². The Morgan fingerprint density at radius 2 is 1.35 bits per heavy atom. The molecule has 1 unspecified atom stereocenters. The summed E-state index contributed by atoms with van der Waals surface area (Å²) in [7, 11) is 0. The summed E-state index contributed by atoms with van der Waals surface area (Å²) in [4.78, 5) is 24.7. The summed E-state index contributed by atoms with van der Waals surface area (Å²) >= 11 is 0. The quantitative estimate of drug-likeness (QED) is 0.699. The zero-order valence-corrected chi connectivity index (χ0v) is 12.7. The lowest BCUT2D eigenvalue weighted by atomic mass is 9.68. The van der Waals surface area contributed by atoms with E-state index in [1.807, 2.05) is 55.4 Å². The third-order valence-corrected chi connectivity index (χ3v) is 2.80. The molecule has 0 aliphatic heterocycles. The minimum absolute atomic E-state index is 0.0654. The molecule has 17 heavy (non-hydrogen) atoms. The van der Waals surface area contributed by atoms with Crippen molar-refractivity contribution >= 4 is 11.6 Å². The summed E-state index contributed by atoms with van der Waals surface area (Å²) in [6.07, 6.45) is 0.490. The fourth-order valence-corrected chi connectivity index (χ4v) is 1.98. The lowest BCUT2D eigenvalue weighted by molar-refractivity contribution is -0.142. The van der Waals surface area contributed by atoms with Crippen LogP contribution in [0.15, 0.2) is 0 Å². The standard InChI is InChI=1S/C15H28O2/c1-10(2)9-11(16)12(14(3,4)5)13(17)15(6,7)8/h10,12H,9H2,1-8H3. The predicted molar refractivity (Wildman–Crippen MR) is 71.9 cm³/mol. The molecule has 0 fully saturated rings. The van der Waals surface area contributed by atoms with Crippen LogP contribution in [0.4, 0.5) is 0 Å². The lowest BCUT2D eigenvalue weighted by Gasteiger charge is -2.33. The van der Waals surface area contributed by atoms with E-state index in [1.165, 1.54) is 0 Å². The molecule has 0 saturated heterocycles. The number of ketones is 2. The number of hydrogen-bond donors (Lipinski definition) is 0. The molecule has 0 aliphatic rings. The van der Waals surface area contributed by atoms with Crippen molar-refractivity contribution in [3.05, 3.63) is 0 Å². The first kappa shape index (κ1) is 16.3. The molecular formula is C15H28O2. The largest absolute Gasteiger partial charge is 0.299 e. The highest BCUT2D eigenvalue weighted by molar-refractivity contribution is 6.05. The molecule has 1 atom stereocenters. The van der Waals surface area contributed by atoms with Crippen molar-refractivity contribution < 1.29 is 9.59 Å². The number of rotatable bonds is 4. The average Bonchev–Trinajstić information content (AvgIpc) is 1.97. The first-order valence-electron chi connectivity index (χ1n) is 6.44. The average molecular weight is 240 g/mol. The van der Waals surface area contributed by atoms with E-state index in [9.17, 15) is 9.59 Å². The maximum absolute atomic E-state index is 12.4. The van der Waals surface area contributed by atoms with Gasteiger partial charge in [0.2, 0.25) is 0 Å². The van der Waals surface area contributed by atoms with E-state index >= 15 is 0 Å². The minimum atomic E-state index is -0.482. The second-order valence-electron chi connectivity index (χ2n) is 7.48. The Bertz CT molecular complexity index is 287. The van der Waals surface area contributed by atoms with E-state index in [0.29, 0.717) is 12.3 Å². The molecule has 0 aliphatic carbocycles. The van der Waals surface area contributed by atoms with Crippen LogP contribution in [0.1, 0.15) is 61.8 Å². The molecule has 100 valence electrons. The van der Waals surface area contributed by atoms with Crippen molar-refractivity contribution in [2.45, 2.75) is 61.8 Å². The van der Waals surface area contributed by atoms with Crippen LogP contribution in [0.25, 0.3) is 0 Å². The third-order valence-electron chi connectivity index (χ3n) is 2.80. The normalized spacial score (nSPS) is 14.9. The zero-order chi connectivity index (χ0) is 14.0. The highest BCUT2D eigenvalue weighted by Crippen LogP contribution is 2.34. The Balaban J connectivity index is 5.18. The van der Waals surface area contributed by atoms with Crippen LogP contribution in [0.2, 0.25) is 0 Å². The second-order valence-corrected chi connectivity index (χ2v) is 7.48. The topological polar surface area (TPSA) is 34.1 Å².